The summed E-state index contributed by atoms with van der Waals surface area (Å²) >= 11 is 0. The molecule has 0 unspecified atom stereocenters. The van der Waals surface area contributed by atoms with Crippen molar-refractivity contribution in [2.45, 2.75) is 51.5 Å². The van der Waals surface area contributed by atoms with E-state index < -0.39 is 0 Å². The van der Waals surface area contributed by atoms with Gasteiger partial charge in [0.2, 0.25) is 0 Å². The third-order valence-electron chi connectivity index (χ3n) is 4.90. The Morgan fingerprint density at radius 2 is 1.89 bits per heavy atom. The van der Waals surface area contributed by atoms with Gasteiger partial charge < -0.3 is 10.6 Å². The predicted molar refractivity (Wildman–Crippen MR) is 77.9 cm³/mol. The summed E-state index contributed by atoms with van der Waals surface area (Å²) in [6.07, 6.45) is 8.42. The van der Waals surface area contributed by atoms with Gasteiger partial charge in [0.25, 0.3) is 0 Å². The van der Waals surface area contributed by atoms with E-state index in [1.165, 1.54) is 56.3 Å². The Morgan fingerprint density at radius 3 is 2.78 bits per heavy atom. The quantitative estimate of drug-likeness (QED) is 0.763. The van der Waals surface area contributed by atoms with Gasteiger partial charge in [-0.25, -0.2) is 0 Å². The molecule has 1 saturated carbocycles. The number of benzene rings is 1. The first kappa shape index (κ1) is 11.9. The number of piperidine rings is 1. The molecule has 0 aromatic heterocycles. The average Bonchev–Trinajstić information content (AvgIpc) is 2.41. The van der Waals surface area contributed by atoms with Crippen LogP contribution in [-0.4, -0.2) is 12.6 Å². The minimum atomic E-state index is 0.771. The zero-order valence-electron chi connectivity index (χ0n) is 11.4. The van der Waals surface area contributed by atoms with Gasteiger partial charge in [-0.2, -0.15) is 0 Å². The zero-order chi connectivity index (χ0) is 12.5. The molecule has 0 amide bonds. The third kappa shape index (κ3) is 1.98. The molecular formula is C16H24N2. The highest BCUT2D eigenvalue weighted by Gasteiger charge is 2.33. The van der Waals surface area contributed by atoms with E-state index in [-0.39, 0.29) is 0 Å². The number of anilines is 2. The maximum atomic E-state index is 6.07. The number of nitrogens with zero attached hydrogens (tertiary/aromatic N) is 1. The smallest absolute Gasteiger partial charge is 0.0419 e. The van der Waals surface area contributed by atoms with E-state index in [1.54, 1.807) is 0 Å². The Labute approximate surface area is 110 Å². The minimum Gasteiger partial charge on any atom is -0.398 e. The van der Waals surface area contributed by atoms with Crippen LogP contribution in [0.3, 0.4) is 0 Å². The van der Waals surface area contributed by atoms with Gasteiger partial charge in [0.05, 0.1) is 0 Å². The largest absolute Gasteiger partial charge is 0.398 e. The first-order valence-electron chi connectivity index (χ1n) is 7.39. The van der Waals surface area contributed by atoms with E-state index in [0.717, 1.165) is 17.6 Å². The van der Waals surface area contributed by atoms with Gasteiger partial charge in [-0.05, 0) is 56.2 Å². The molecular weight excluding hydrogens is 220 g/mol. The van der Waals surface area contributed by atoms with Crippen LogP contribution in [0.15, 0.2) is 18.2 Å². The standard InChI is InChI=1S/C16H24N2/c1-12-14(17)8-4-10-15(12)18-11-5-7-13-6-2-3-9-16(13)18/h4,8,10,13,16H,2-3,5-7,9,11,17H2,1H3/t13-,16-/m1/s1. The molecule has 1 aliphatic heterocycles. The molecule has 98 valence electrons. The van der Waals surface area contributed by atoms with Crippen LogP contribution < -0.4 is 10.6 Å². The van der Waals surface area contributed by atoms with Crippen molar-refractivity contribution in [1.82, 2.24) is 0 Å². The van der Waals surface area contributed by atoms with Crippen LogP contribution in [0.25, 0.3) is 0 Å². The lowest BCUT2D eigenvalue weighted by molar-refractivity contribution is 0.243. The summed E-state index contributed by atoms with van der Waals surface area (Å²) in [7, 11) is 0. The molecule has 2 atom stereocenters. The second-order valence-electron chi connectivity index (χ2n) is 5.94. The highest BCUT2D eigenvalue weighted by molar-refractivity contribution is 5.64. The molecule has 2 aliphatic rings. The Morgan fingerprint density at radius 1 is 1.11 bits per heavy atom. The number of hydrogen-bond donors (Lipinski definition) is 1. The zero-order valence-corrected chi connectivity index (χ0v) is 11.4. The first-order valence-corrected chi connectivity index (χ1v) is 7.39. The summed E-state index contributed by atoms with van der Waals surface area (Å²) in [5, 5.41) is 0. The minimum absolute atomic E-state index is 0.771. The van der Waals surface area contributed by atoms with Crippen molar-refractivity contribution >= 4 is 11.4 Å². The molecule has 1 aliphatic carbocycles. The highest BCUT2D eigenvalue weighted by atomic mass is 15.2. The number of rotatable bonds is 1. The lowest BCUT2D eigenvalue weighted by atomic mass is 9.78. The van der Waals surface area contributed by atoms with Crippen LogP contribution in [-0.2, 0) is 0 Å². The van der Waals surface area contributed by atoms with Crippen LogP contribution >= 0.6 is 0 Å². The summed E-state index contributed by atoms with van der Waals surface area (Å²) in [5.41, 5.74) is 9.65. The Balaban J connectivity index is 1.92. The van der Waals surface area contributed by atoms with Gasteiger partial charge in [-0.3, -0.25) is 0 Å². The van der Waals surface area contributed by atoms with Gasteiger partial charge in [0.1, 0.15) is 0 Å². The lowest BCUT2D eigenvalue weighted by Crippen LogP contribution is -2.47. The predicted octanol–water partition coefficient (Wildman–Crippen LogP) is 3.74. The van der Waals surface area contributed by atoms with Gasteiger partial charge in [-0.15, -0.1) is 0 Å². The lowest BCUT2D eigenvalue weighted by Gasteiger charge is -2.46. The number of nitrogen functional groups attached to an aromatic ring is 1. The Kier molecular flexibility index (Phi) is 3.19. The van der Waals surface area contributed by atoms with E-state index in [1.807, 2.05) is 6.07 Å². The van der Waals surface area contributed by atoms with Gasteiger partial charge in [-0.1, -0.05) is 18.9 Å². The molecule has 2 N–H and O–H groups in total. The molecule has 1 saturated heterocycles. The first-order chi connectivity index (χ1) is 8.77. The molecule has 2 nitrogen and oxygen atoms in total. The number of hydrogen-bond acceptors (Lipinski definition) is 2. The van der Waals surface area contributed by atoms with Crippen molar-refractivity contribution in [2.24, 2.45) is 5.92 Å². The van der Waals surface area contributed by atoms with Crippen LogP contribution in [0.4, 0.5) is 11.4 Å². The fraction of sp³-hybridized carbons (Fsp3) is 0.625. The molecule has 1 heterocycles. The highest BCUT2D eigenvalue weighted by Crippen LogP contribution is 2.39. The van der Waals surface area contributed by atoms with E-state index in [0.29, 0.717) is 0 Å². The fourth-order valence-electron chi connectivity index (χ4n) is 3.88. The third-order valence-corrected chi connectivity index (χ3v) is 4.90. The van der Waals surface area contributed by atoms with Crippen LogP contribution in [0.1, 0.15) is 44.1 Å². The van der Waals surface area contributed by atoms with Crippen molar-refractivity contribution in [1.29, 1.82) is 0 Å². The molecule has 3 rings (SSSR count). The molecule has 2 heteroatoms. The number of nitrogens with two attached hydrogens (primary N) is 1. The molecule has 18 heavy (non-hydrogen) atoms. The second kappa shape index (κ2) is 4.83. The maximum absolute atomic E-state index is 6.07. The van der Waals surface area contributed by atoms with E-state index in [9.17, 15) is 0 Å². The van der Waals surface area contributed by atoms with Crippen molar-refractivity contribution in [3.05, 3.63) is 23.8 Å². The monoisotopic (exact) mass is 244 g/mol. The summed E-state index contributed by atoms with van der Waals surface area (Å²) in [6.45, 7) is 3.38. The molecule has 1 aromatic rings. The summed E-state index contributed by atoms with van der Waals surface area (Å²) in [4.78, 5) is 2.65. The molecule has 0 radical (unpaired) electrons. The van der Waals surface area contributed by atoms with E-state index >= 15 is 0 Å². The van der Waals surface area contributed by atoms with E-state index in [2.05, 4.69) is 24.0 Å². The van der Waals surface area contributed by atoms with Gasteiger partial charge in [0.15, 0.2) is 0 Å². The normalized spacial score (nSPS) is 27.9. The molecule has 0 bridgehead atoms. The van der Waals surface area contributed by atoms with Crippen LogP contribution in [0, 0.1) is 12.8 Å². The topological polar surface area (TPSA) is 29.3 Å². The van der Waals surface area contributed by atoms with Crippen molar-refractivity contribution in [3.63, 3.8) is 0 Å². The molecule has 2 fully saturated rings. The van der Waals surface area contributed by atoms with Crippen molar-refractivity contribution in [3.8, 4) is 0 Å². The SMILES string of the molecule is Cc1c(N)cccc1N1CCC[C@H]2CCCC[C@H]21. The Hall–Kier alpha value is -1.18. The maximum Gasteiger partial charge on any atom is 0.0419 e. The van der Waals surface area contributed by atoms with Crippen LogP contribution in [0.5, 0.6) is 0 Å². The van der Waals surface area contributed by atoms with E-state index in [4.69, 9.17) is 5.73 Å². The van der Waals surface area contributed by atoms with Crippen molar-refractivity contribution in [2.75, 3.05) is 17.2 Å². The fourth-order valence-corrected chi connectivity index (χ4v) is 3.88. The molecule has 1 aromatic carbocycles. The summed E-state index contributed by atoms with van der Waals surface area (Å²) in [6, 6.07) is 7.14. The van der Waals surface area contributed by atoms with Crippen LogP contribution in [0.2, 0.25) is 0 Å². The summed E-state index contributed by atoms with van der Waals surface area (Å²) in [5.74, 6) is 0.924. The Bertz CT molecular complexity index is 425. The number of fused-ring (bicyclic) bond motifs is 1. The van der Waals surface area contributed by atoms with Gasteiger partial charge >= 0.3 is 0 Å². The second-order valence-corrected chi connectivity index (χ2v) is 5.94. The van der Waals surface area contributed by atoms with Gasteiger partial charge in [0, 0.05) is 24.0 Å². The molecule has 0 spiro atoms. The van der Waals surface area contributed by atoms with Crippen molar-refractivity contribution < 1.29 is 0 Å². The average molecular weight is 244 g/mol. The summed E-state index contributed by atoms with van der Waals surface area (Å²) < 4.78 is 0.